The molecule has 7 heteroatoms. The molecule has 1 aromatic carbocycles. The van der Waals surface area contributed by atoms with E-state index < -0.39 is 0 Å². The Morgan fingerprint density at radius 3 is 3.12 bits per heavy atom. The van der Waals surface area contributed by atoms with E-state index in [4.69, 9.17) is 0 Å². The lowest BCUT2D eigenvalue weighted by Crippen LogP contribution is -2.20. The monoisotopic (exact) mass is 364 g/mol. The first-order chi connectivity index (χ1) is 12.6. The number of hydrogen-bond donors (Lipinski definition) is 2. The van der Waals surface area contributed by atoms with E-state index in [1.807, 2.05) is 37.4 Å². The van der Waals surface area contributed by atoms with Crippen LogP contribution in [0.1, 0.15) is 27.5 Å². The van der Waals surface area contributed by atoms with Gasteiger partial charge < -0.3 is 10.3 Å². The van der Waals surface area contributed by atoms with Gasteiger partial charge in [-0.3, -0.25) is 14.2 Å². The smallest absolute Gasteiger partial charge is 0.266 e. The topological polar surface area (TPSA) is 79.8 Å². The van der Waals surface area contributed by atoms with Crippen molar-refractivity contribution in [3.63, 3.8) is 0 Å². The van der Waals surface area contributed by atoms with Crippen molar-refractivity contribution in [2.75, 3.05) is 5.32 Å². The average Bonchev–Trinajstić information content (AvgIpc) is 3.34. The first kappa shape index (κ1) is 15.3. The summed E-state index contributed by atoms with van der Waals surface area (Å²) in [6, 6.07) is 7.66. The van der Waals surface area contributed by atoms with Crippen LogP contribution in [0.15, 0.2) is 35.3 Å². The molecule has 0 spiro atoms. The van der Waals surface area contributed by atoms with E-state index in [-0.39, 0.29) is 11.5 Å². The van der Waals surface area contributed by atoms with E-state index in [1.165, 1.54) is 11.3 Å². The van der Waals surface area contributed by atoms with Crippen LogP contribution < -0.4 is 10.9 Å². The van der Waals surface area contributed by atoms with Gasteiger partial charge in [-0.25, -0.2) is 4.98 Å². The van der Waals surface area contributed by atoms with Crippen molar-refractivity contribution in [1.29, 1.82) is 0 Å². The maximum absolute atomic E-state index is 12.9. The Balaban J connectivity index is 1.60. The fourth-order valence-corrected chi connectivity index (χ4v) is 4.75. The molecule has 1 amide bonds. The minimum Gasteiger partial charge on any atom is -0.361 e. The van der Waals surface area contributed by atoms with Crippen LogP contribution in [0.25, 0.3) is 21.1 Å². The van der Waals surface area contributed by atoms with Gasteiger partial charge in [-0.15, -0.1) is 11.3 Å². The molecule has 3 aromatic heterocycles. The van der Waals surface area contributed by atoms with Crippen LogP contribution in [0.3, 0.4) is 0 Å². The van der Waals surface area contributed by atoms with Gasteiger partial charge in [0, 0.05) is 30.1 Å². The lowest BCUT2D eigenvalue weighted by Gasteiger charge is -2.06. The number of aryl methyl sites for hydroxylation is 2. The van der Waals surface area contributed by atoms with Crippen molar-refractivity contribution in [3.8, 4) is 0 Å². The number of aromatic nitrogens is 3. The number of nitrogens with zero attached hydrogens (tertiary/aromatic N) is 2. The van der Waals surface area contributed by atoms with E-state index in [2.05, 4.69) is 15.3 Å². The number of rotatable bonds is 2. The number of aromatic amines is 1. The number of nitrogens with one attached hydrogen (secondary N) is 2. The predicted molar refractivity (Wildman–Crippen MR) is 103 cm³/mol. The standard InChI is InChI=1S/C19H16N4O2S/c1-10-15-18(22-14-6-3-9-23(14)19(15)25)26-16(10)17(24)21-13-5-2-4-12-11(13)7-8-20-12/h2,4-5,7-8,20H,3,6,9H2,1H3,(H,21,24). The Labute approximate surface area is 152 Å². The highest BCUT2D eigenvalue weighted by Crippen LogP contribution is 2.30. The maximum atomic E-state index is 12.9. The van der Waals surface area contributed by atoms with Crippen LogP contribution in [0.2, 0.25) is 0 Å². The van der Waals surface area contributed by atoms with Crippen molar-refractivity contribution < 1.29 is 4.79 Å². The molecule has 1 aliphatic heterocycles. The molecule has 0 bridgehead atoms. The average molecular weight is 364 g/mol. The predicted octanol–water partition coefficient (Wildman–Crippen LogP) is 3.45. The Morgan fingerprint density at radius 1 is 1.35 bits per heavy atom. The Hall–Kier alpha value is -2.93. The van der Waals surface area contributed by atoms with Gasteiger partial charge in [-0.2, -0.15) is 0 Å². The van der Waals surface area contributed by atoms with Crippen LogP contribution in [0, 0.1) is 6.92 Å². The lowest BCUT2D eigenvalue weighted by molar-refractivity contribution is 0.103. The first-order valence-electron chi connectivity index (χ1n) is 8.54. The zero-order chi connectivity index (χ0) is 17.8. The summed E-state index contributed by atoms with van der Waals surface area (Å²) < 4.78 is 1.74. The maximum Gasteiger partial charge on any atom is 0.266 e. The van der Waals surface area contributed by atoms with Gasteiger partial charge in [-0.1, -0.05) is 6.07 Å². The van der Waals surface area contributed by atoms with Gasteiger partial charge in [0.15, 0.2) is 0 Å². The number of benzene rings is 1. The van der Waals surface area contributed by atoms with Gasteiger partial charge in [0.2, 0.25) is 0 Å². The van der Waals surface area contributed by atoms with Crippen LogP contribution in [0.4, 0.5) is 5.69 Å². The molecule has 0 saturated heterocycles. The zero-order valence-electron chi connectivity index (χ0n) is 14.1. The van der Waals surface area contributed by atoms with Gasteiger partial charge in [0.05, 0.1) is 16.0 Å². The summed E-state index contributed by atoms with van der Waals surface area (Å²) in [6.45, 7) is 2.54. The molecule has 4 aromatic rings. The SMILES string of the molecule is Cc1c(C(=O)Nc2cccc3[nH]ccc23)sc2nc3n(c(=O)c12)CCC3. The number of thiophene rings is 1. The summed E-state index contributed by atoms with van der Waals surface area (Å²) in [5.74, 6) is 0.622. The zero-order valence-corrected chi connectivity index (χ0v) is 14.9. The van der Waals surface area contributed by atoms with Crippen LogP contribution in [-0.2, 0) is 13.0 Å². The summed E-state index contributed by atoms with van der Waals surface area (Å²) >= 11 is 1.29. The molecule has 0 unspecified atom stereocenters. The number of amides is 1. The van der Waals surface area contributed by atoms with Gasteiger partial charge in [0.25, 0.3) is 11.5 Å². The highest BCUT2D eigenvalue weighted by molar-refractivity contribution is 7.20. The van der Waals surface area contributed by atoms with Gasteiger partial charge in [-0.05, 0) is 37.1 Å². The molecule has 26 heavy (non-hydrogen) atoms. The minimum atomic E-state index is -0.205. The second-order valence-corrected chi connectivity index (χ2v) is 7.52. The molecular weight excluding hydrogens is 348 g/mol. The lowest BCUT2D eigenvalue weighted by atomic mass is 10.2. The molecule has 0 radical (unpaired) electrons. The van der Waals surface area contributed by atoms with Crippen LogP contribution >= 0.6 is 11.3 Å². The number of H-pyrrole nitrogens is 1. The van der Waals surface area contributed by atoms with E-state index >= 15 is 0 Å². The van der Waals surface area contributed by atoms with Crippen molar-refractivity contribution in [2.24, 2.45) is 0 Å². The number of carbonyl (C=O) groups is 1. The molecule has 0 aliphatic carbocycles. The summed E-state index contributed by atoms with van der Waals surface area (Å²) in [6.07, 6.45) is 3.61. The van der Waals surface area contributed by atoms with E-state index in [1.54, 1.807) is 4.57 Å². The number of hydrogen-bond acceptors (Lipinski definition) is 4. The summed E-state index contributed by atoms with van der Waals surface area (Å²) in [5.41, 5.74) is 2.40. The molecule has 0 atom stereocenters. The third kappa shape index (κ3) is 2.13. The Kier molecular flexibility index (Phi) is 3.27. The fourth-order valence-electron chi connectivity index (χ4n) is 3.67. The van der Waals surface area contributed by atoms with Crippen LogP contribution in [-0.4, -0.2) is 20.4 Å². The summed E-state index contributed by atoms with van der Waals surface area (Å²) in [7, 11) is 0. The molecule has 130 valence electrons. The Morgan fingerprint density at radius 2 is 2.23 bits per heavy atom. The molecular formula is C19H16N4O2S. The highest BCUT2D eigenvalue weighted by atomic mass is 32.1. The quantitative estimate of drug-likeness (QED) is 0.572. The third-order valence-electron chi connectivity index (χ3n) is 4.96. The van der Waals surface area contributed by atoms with Crippen molar-refractivity contribution in [2.45, 2.75) is 26.3 Å². The largest absolute Gasteiger partial charge is 0.361 e. The minimum absolute atomic E-state index is 0.0250. The Bertz CT molecular complexity index is 1250. The highest BCUT2D eigenvalue weighted by Gasteiger charge is 2.23. The summed E-state index contributed by atoms with van der Waals surface area (Å²) in [5, 5.41) is 4.51. The summed E-state index contributed by atoms with van der Waals surface area (Å²) in [4.78, 5) is 34.6. The van der Waals surface area contributed by atoms with Crippen molar-refractivity contribution in [3.05, 3.63) is 57.1 Å². The normalized spacial score (nSPS) is 13.4. The van der Waals surface area contributed by atoms with Crippen LogP contribution in [0.5, 0.6) is 0 Å². The molecule has 0 saturated carbocycles. The number of fused-ring (bicyclic) bond motifs is 3. The molecule has 5 rings (SSSR count). The molecule has 6 nitrogen and oxygen atoms in total. The molecule has 2 N–H and O–H groups in total. The number of carbonyl (C=O) groups excluding carboxylic acids is 1. The third-order valence-corrected chi connectivity index (χ3v) is 6.15. The fraction of sp³-hybridized carbons (Fsp3) is 0.211. The van der Waals surface area contributed by atoms with Crippen molar-refractivity contribution in [1.82, 2.24) is 14.5 Å². The molecule has 1 aliphatic rings. The van der Waals surface area contributed by atoms with Gasteiger partial charge >= 0.3 is 0 Å². The van der Waals surface area contributed by atoms with E-state index in [0.717, 1.165) is 35.3 Å². The van der Waals surface area contributed by atoms with Crippen molar-refractivity contribution >= 4 is 44.1 Å². The van der Waals surface area contributed by atoms with Gasteiger partial charge in [0.1, 0.15) is 10.7 Å². The first-order valence-corrected chi connectivity index (χ1v) is 9.35. The second kappa shape index (κ2) is 5.54. The molecule has 4 heterocycles. The number of anilines is 1. The van der Waals surface area contributed by atoms with E-state index in [0.29, 0.717) is 27.2 Å². The van der Waals surface area contributed by atoms with E-state index in [9.17, 15) is 9.59 Å². The molecule has 0 fully saturated rings. The second-order valence-electron chi connectivity index (χ2n) is 6.52.